The molecule has 0 aliphatic rings. The molecule has 0 radical (unpaired) electrons. The molecule has 1 heterocycles. The van der Waals surface area contributed by atoms with Crippen LogP contribution in [0.15, 0.2) is 36.5 Å². The fraction of sp³-hybridized carbons (Fsp3) is 0.517. The minimum atomic E-state index is -1.03. The van der Waals surface area contributed by atoms with Crippen LogP contribution in [0.4, 0.5) is 4.39 Å². The molecule has 11 heteroatoms. The van der Waals surface area contributed by atoms with Gasteiger partial charge in [0.1, 0.15) is 29.8 Å². The van der Waals surface area contributed by atoms with Crippen molar-refractivity contribution in [3.8, 4) is 17.2 Å². The second-order valence-electron chi connectivity index (χ2n) is 9.54. The summed E-state index contributed by atoms with van der Waals surface area (Å²) in [6, 6.07) is 6.11. The number of ether oxygens (including phenoxy) is 5. The van der Waals surface area contributed by atoms with E-state index in [2.05, 4.69) is 10.3 Å². The molecule has 0 bridgehead atoms. The normalized spacial score (nSPS) is 13.2. The van der Waals surface area contributed by atoms with Crippen molar-refractivity contribution in [2.75, 3.05) is 13.9 Å². The predicted octanol–water partition coefficient (Wildman–Crippen LogP) is 4.70. The Kier molecular flexibility index (Phi) is 12.6. The van der Waals surface area contributed by atoms with Gasteiger partial charge < -0.3 is 29.0 Å². The summed E-state index contributed by atoms with van der Waals surface area (Å²) >= 11 is 0. The summed E-state index contributed by atoms with van der Waals surface area (Å²) in [5.41, 5.74) is -0.160. The van der Waals surface area contributed by atoms with E-state index < -0.39 is 42.9 Å². The number of halogens is 1. The average Bonchev–Trinajstić information content (AvgIpc) is 2.92. The third-order valence-electron chi connectivity index (χ3n) is 6.34. The quantitative estimate of drug-likeness (QED) is 0.243. The van der Waals surface area contributed by atoms with Crippen molar-refractivity contribution in [1.82, 2.24) is 10.3 Å². The first-order valence-corrected chi connectivity index (χ1v) is 13.2. The van der Waals surface area contributed by atoms with Crippen molar-refractivity contribution < 1.29 is 42.5 Å². The van der Waals surface area contributed by atoms with Gasteiger partial charge in [-0.2, -0.15) is 0 Å². The van der Waals surface area contributed by atoms with Crippen LogP contribution in [0.25, 0.3) is 0 Å². The Morgan fingerprint density at radius 3 is 2.23 bits per heavy atom. The first-order valence-electron chi connectivity index (χ1n) is 13.2. The highest BCUT2D eigenvalue weighted by Gasteiger charge is 2.34. The van der Waals surface area contributed by atoms with E-state index in [0.29, 0.717) is 5.75 Å². The summed E-state index contributed by atoms with van der Waals surface area (Å²) in [6.45, 7) is 10.1. The van der Waals surface area contributed by atoms with Crippen LogP contribution in [-0.4, -0.2) is 55.0 Å². The van der Waals surface area contributed by atoms with Gasteiger partial charge in [-0.15, -0.1) is 0 Å². The number of methoxy groups -OCH3 is 1. The van der Waals surface area contributed by atoms with Crippen molar-refractivity contribution in [2.45, 2.75) is 72.6 Å². The van der Waals surface area contributed by atoms with E-state index in [1.54, 1.807) is 20.8 Å². The number of hydrogen-bond donors (Lipinski definition) is 1. The highest BCUT2D eigenvalue weighted by Crippen LogP contribution is 2.30. The molecule has 0 unspecified atom stereocenters. The zero-order chi connectivity index (χ0) is 29.8. The molecule has 1 amide bonds. The Bertz CT molecular complexity index is 1120. The summed E-state index contributed by atoms with van der Waals surface area (Å²) in [5, 5.41) is 2.68. The maximum absolute atomic E-state index is 13.4. The topological polar surface area (TPSA) is 122 Å². The molecule has 220 valence electrons. The molecule has 1 N–H and O–H groups in total. The van der Waals surface area contributed by atoms with Crippen molar-refractivity contribution >= 4 is 17.8 Å². The molecule has 1 aromatic heterocycles. The smallest absolute Gasteiger partial charge is 0.329 e. The molecule has 0 aliphatic carbocycles. The monoisotopic (exact) mass is 562 g/mol. The SMILES string of the molecule is CCC(CC)[C@@H](Oc1ccc(F)cc1)[C@H](C)OC(=O)[C@@H](NC(=O)c1nccc(OC)c1OCOC(C)=O)C(C)C. The molecule has 0 aliphatic heterocycles. The van der Waals surface area contributed by atoms with Crippen LogP contribution in [0.1, 0.15) is 64.9 Å². The fourth-order valence-electron chi connectivity index (χ4n) is 4.09. The average molecular weight is 563 g/mol. The van der Waals surface area contributed by atoms with Gasteiger partial charge in [0, 0.05) is 19.2 Å². The van der Waals surface area contributed by atoms with Gasteiger partial charge in [0.25, 0.3) is 5.91 Å². The van der Waals surface area contributed by atoms with E-state index in [1.807, 2.05) is 13.8 Å². The molecule has 0 saturated heterocycles. The molecule has 0 saturated carbocycles. The second-order valence-corrected chi connectivity index (χ2v) is 9.54. The fourth-order valence-corrected chi connectivity index (χ4v) is 4.09. The van der Waals surface area contributed by atoms with E-state index in [-0.39, 0.29) is 34.8 Å². The third-order valence-corrected chi connectivity index (χ3v) is 6.34. The minimum Gasteiger partial charge on any atom is -0.493 e. The highest BCUT2D eigenvalue weighted by atomic mass is 19.1. The van der Waals surface area contributed by atoms with Crippen molar-refractivity contribution in [3.63, 3.8) is 0 Å². The number of esters is 2. The molecule has 1 aromatic carbocycles. The Hall–Kier alpha value is -3.89. The Morgan fingerprint density at radius 1 is 1.02 bits per heavy atom. The van der Waals surface area contributed by atoms with E-state index >= 15 is 0 Å². The van der Waals surface area contributed by atoms with Gasteiger partial charge >= 0.3 is 11.9 Å². The van der Waals surface area contributed by atoms with Gasteiger partial charge in [-0.1, -0.05) is 27.7 Å². The summed E-state index contributed by atoms with van der Waals surface area (Å²) in [5.74, 6) is -2.00. The number of nitrogens with one attached hydrogen (secondary N) is 1. The predicted molar refractivity (Wildman–Crippen MR) is 145 cm³/mol. The first kappa shape index (κ1) is 32.3. The Labute approximate surface area is 234 Å². The molecule has 40 heavy (non-hydrogen) atoms. The number of carbonyl (C=O) groups is 3. The van der Waals surface area contributed by atoms with E-state index in [0.717, 1.165) is 12.8 Å². The van der Waals surface area contributed by atoms with Gasteiger partial charge in [0.2, 0.25) is 6.79 Å². The number of rotatable bonds is 15. The molecule has 2 aromatic rings. The van der Waals surface area contributed by atoms with Gasteiger partial charge in [0.15, 0.2) is 17.2 Å². The minimum absolute atomic E-state index is 0.0468. The maximum Gasteiger partial charge on any atom is 0.329 e. The summed E-state index contributed by atoms with van der Waals surface area (Å²) < 4.78 is 40.9. The number of benzene rings is 1. The zero-order valence-electron chi connectivity index (χ0n) is 24.1. The van der Waals surface area contributed by atoms with Crippen LogP contribution in [-0.2, 0) is 19.1 Å². The highest BCUT2D eigenvalue weighted by molar-refractivity contribution is 5.98. The van der Waals surface area contributed by atoms with Crippen LogP contribution < -0.4 is 19.5 Å². The summed E-state index contributed by atoms with van der Waals surface area (Å²) in [7, 11) is 1.38. The van der Waals surface area contributed by atoms with Gasteiger partial charge in [-0.3, -0.25) is 9.59 Å². The third kappa shape index (κ3) is 9.10. The lowest BCUT2D eigenvalue weighted by Crippen LogP contribution is -2.48. The molecule has 2 rings (SSSR count). The number of nitrogens with zero attached hydrogens (tertiary/aromatic N) is 1. The van der Waals surface area contributed by atoms with Gasteiger partial charge in [-0.25, -0.2) is 14.2 Å². The molecule has 10 nitrogen and oxygen atoms in total. The number of carbonyl (C=O) groups excluding carboxylic acids is 3. The molecular weight excluding hydrogens is 523 g/mol. The largest absolute Gasteiger partial charge is 0.493 e. The lowest BCUT2D eigenvalue weighted by Gasteiger charge is -2.32. The van der Waals surface area contributed by atoms with E-state index in [4.69, 9.17) is 23.7 Å². The summed E-state index contributed by atoms with van der Waals surface area (Å²) in [4.78, 5) is 41.8. The van der Waals surface area contributed by atoms with Crippen LogP contribution in [0.2, 0.25) is 0 Å². The van der Waals surface area contributed by atoms with Gasteiger partial charge in [0.05, 0.1) is 7.11 Å². The Morgan fingerprint density at radius 2 is 1.68 bits per heavy atom. The second kappa shape index (κ2) is 15.6. The molecule has 0 fully saturated rings. The molecule has 3 atom stereocenters. The Balaban J connectivity index is 2.23. The van der Waals surface area contributed by atoms with E-state index in [1.165, 1.54) is 50.6 Å². The van der Waals surface area contributed by atoms with Crippen LogP contribution in [0.3, 0.4) is 0 Å². The van der Waals surface area contributed by atoms with Gasteiger partial charge in [-0.05, 0) is 55.9 Å². The van der Waals surface area contributed by atoms with Crippen LogP contribution in [0.5, 0.6) is 17.2 Å². The number of aromatic nitrogens is 1. The molecular formula is C29H39FN2O8. The first-order chi connectivity index (χ1) is 19.0. The van der Waals surface area contributed by atoms with E-state index in [9.17, 15) is 18.8 Å². The van der Waals surface area contributed by atoms with Crippen molar-refractivity contribution in [2.24, 2.45) is 11.8 Å². The standard InChI is InChI=1S/C29H39FN2O8/c1-8-20(9-2)26(40-22-12-10-21(30)11-13-22)18(5)39-29(35)24(17(3)4)32-28(34)25-27(38-16-37-19(6)33)23(36-7)14-15-31-25/h10-15,17-18,20,24,26H,8-9,16H2,1-7H3,(H,32,34)/t18-,24-,26-/m0/s1. The lowest BCUT2D eigenvalue weighted by molar-refractivity contribution is -0.158. The zero-order valence-corrected chi connectivity index (χ0v) is 24.1. The van der Waals surface area contributed by atoms with Crippen LogP contribution >= 0.6 is 0 Å². The summed E-state index contributed by atoms with van der Waals surface area (Å²) in [6.07, 6.45) is 1.70. The van der Waals surface area contributed by atoms with Crippen molar-refractivity contribution in [1.29, 1.82) is 0 Å². The lowest BCUT2D eigenvalue weighted by atomic mass is 9.93. The van der Waals surface area contributed by atoms with Crippen LogP contribution in [0, 0.1) is 17.7 Å². The number of amides is 1. The number of pyridine rings is 1. The van der Waals surface area contributed by atoms with Crippen molar-refractivity contribution in [3.05, 3.63) is 48.0 Å². The molecule has 0 spiro atoms. The maximum atomic E-state index is 13.4. The number of hydrogen-bond acceptors (Lipinski definition) is 9.